The van der Waals surface area contributed by atoms with Crippen LogP contribution in [-0.2, 0) is 11.2 Å². The van der Waals surface area contributed by atoms with Crippen molar-refractivity contribution >= 4 is 11.8 Å². The summed E-state index contributed by atoms with van der Waals surface area (Å²) in [6.45, 7) is 0.730. The Bertz CT molecular complexity index is 883. The first-order valence-electron chi connectivity index (χ1n) is 9.30. The van der Waals surface area contributed by atoms with Gasteiger partial charge in [-0.15, -0.1) is 0 Å². The number of benzene rings is 2. The Balaban J connectivity index is 1.56. The molecule has 3 rings (SSSR count). The van der Waals surface area contributed by atoms with Gasteiger partial charge < -0.3 is 10.6 Å². The molecule has 1 aromatic heterocycles. The summed E-state index contributed by atoms with van der Waals surface area (Å²) in [5.41, 5.74) is 2.41. The van der Waals surface area contributed by atoms with Gasteiger partial charge in [0.05, 0.1) is 5.92 Å². The van der Waals surface area contributed by atoms with Gasteiger partial charge in [0.15, 0.2) is 0 Å². The van der Waals surface area contributed by atoms with Crippen LogP contribution in [-0.4, -0.2) is 29.9 Å². The summed E-state index contributed by atoms with van der Waals surface area (Å²) >= 11 is 0. The van der Waals surface area contributed by atoms with Crippen LogP contribution < -0.4 is 10.6 Å². The lowest BCUT2D eigenvalue weighted by Crippen LogP contribution is -2.37. The van der Waals surface area contributed by atoms with Gasteiger partial charge in [-0.1, -0.05) is 54.6 Å². The second-order valence-electron chi connectivity index (χ2n) is 6.40. The predicted molar refractivity (Wildman–Crippen MR) is 109 cm³/mol. The van der Waals surface area contributed by atoms with E-state index in [1.54, 1.807) is 18.3 Å². The smallest absolute Gasteiger partial charge is 0.251 e. The molecule has 1 unspecified atom stereocenters. The van der Waals surface area contributed by atoms with E-state index in [4.69, 9.17) is 0 Å². The lowest BCUT2D eigenvalue weighted by molar-refractivity contribution is -0.122. The highest BCUT2D eigenvalue weighted by atomic mass is 16.2. The van der Waals surface area contributed by atoms with Crippen LogP contribution >= 0.6 is 0 Å². The van der Waals surface area contributed by atoms with E-state index in [9.17, 15) is 9.59 Å². The molecule has 142 valence electrons. The summed E-state index contributed by atoms with van der Waals surface area (Å²) in [7, 11) is 0. The lowest BCUT2D eigenvalue weighted by atomic mass is 9.93. The van der Waals surface area contributed by atoms with Crippen LogP contribution in [0.5, 0.6) is 0 Å². The molecule has 1 heterocycles. The Labute approximate surface area is 164 Å². The molecule has 5 nitrogen and oxygen atoms in total. The Morgan fingerprint density at radius 1 is 0.786 bits per heavy atom. The molecule has 0 spiro atoms. The Morgan fingerprint density at radius 3 is 2.11 bits per heavy atom. The summed E-state index contributed by atoms with van der Waals surface area (Å²) in [4.78, 5) is 29.2. The molecule has 5 heteroatoms. The molecule has 0 saturated heterocycles. The fourth-order valence-electron chi connectivity index (χ4n) is 2.95. The first kappa shape index (κ1) is 19.3. The van der Waals surface area contributed by atoms with Crippen LogP contribution in [0.4, 0.5) is 0 Å². The second-order valence-corrected chi connectivity index (χ2v) is 6.40. The molecular formula is C23H23N3O2. The highest BCUT2D eigenvalue weighted by molar-refractivity contribution is 5.94. The van der Waals surface area contributed by atoms with Crippen LogP contribution in [0.3, 0.4) is 0 Å². The number of pyridine rings is 1. The zero-order valence-electron chi connectivity index (χ0n) is 15.5. The Morgan fingerprint density at radius 2 is 1.43 bits per heavy atom. The van der Waals surface area contributed by atoms with Crippen molar-refractivity contribution in [3.8, 4) is 0 Å². The quantitative estimate of drug-likeness (QED) is 0.597. The first-order valence-corrected chi connectivity index (χ1v) is 9.30. The van der Waals surface area contributed by atoms with Crippen molar-refractivity contribution in [1.82, 2.24) is 15.6 Å². The molecule has 1 atom stereocenters. The summed E-state index contributed by atoms with van der Waals surface area (Å²) in [5.74, 6) is -0.560. The molecule has 0 aliphatic carbocycles. The van der Waals surface area contributed by atoms with Crippen molar-refractivity contribution < 1.29 is 9.59 Å². The molecule has 3 aromatic rings. The summed E-state index contributed by atoms with van der Waals surface area (Å²) < 4.78 is 0. The Hall–Kier alpha value is -3.47. The number of hydrogen-bond acceptors (Lipinski definition) is 3. The predicted octanol–water partition coefficient (Wildman–Crippen LogP) is 2.95. The van der Waals surface area contributed by atoms with Crippen molar-refractivity contribution in [1.29, 1.82) is 0 Å². The van der Waals surface area contributed by atoms with Crippen LogP contribution in [0, 0.1) is 0 Å². The second kappa shape index (κ2) is 10.0. The number of aromatic nitrogens is 1. The van der Waals surface area contributed by atoms with Gasteiger partial charge in [-0.3, -0.25) is 14.6 Å². The average Bonchev–Trinajstić information content (AvgIpc) is 2.76. The van der Waals surface area contributed by atoms with Gasteiger partial charge in [-0.2, -0.15) is 0 Å². The maximum Gasteiger partial charge on any atom is 0.251 e. The third-order valence-corrected chi connectivity index (χ3v) is 4.40. The van der Waals surface area contributed by atoms with E-state index in [1.807, 2.05) is 66.7 Å². The van der Waals surface area contributed by atoms with E-state index in [0.29, 0.717) is 25.1 Å². The SMILES string of the molecule is O=C(NCCNC(=O)C(Cc1ccccn1)c1ccccc1)c1ccccc1. The van der Waals surface area contributed by atoms with E-state index in [-0.39, 0.29) is 17.7 Å². The van der Waals surface area contributed by atoms with Gasteiger partial charge in [-0.05, 0) is 29.8 Å². The van der Waals surface area contributed by atoms with E-state index in [0.717, 1.165) is 11.3 Å². The molecule has 0 aliphatic rings. The van der Waals surface area contributed by atoms with E-state index >= 15 is 0 Å². The zero-order valence-corrected chi connectivity index (χ0v) is 15.5. The van der Waals surface area contributed by atoms with Crippen LogP contribution in [0.2, 0.25) is 0 Å². The highest BCUT2D eigenvalue weighted by Gasteiger charge is 2.21. The number of amides is 2. The molecule has 0 aliphatic heterocycles. The minimum atomic E-state index is -0.332. The fraction of sp³-hybridized carbons (Fsp3) is 0.174. The molecule has 2 amide bonds. The molecule has 2 aromatic carbocycles. The topological polar surface area (TPSA) is 71.1 Å². The minimum Gasteiger partial charge on any atom is -0.354 e. The van der Waals surface area contributed by atoms with Gasteiger partial charge in [0.2, 0.25) is 5.91 Å². The summed E-state index contributed by atoms with van der Waals surface area (Å²) in [6, 6.07) is 24.4. The number of hydrogen-bond donors (Lipinski definition) is 2. The normalized spacial score (nSPS) is 11.4. The lowest BCUT2D eigenvalue weighted by Gasteiger charge is -2.17. The van der Waals surface area contributed by atoms with Gasteiger partial charge in [-0.25, -0.2) is 0 Å². The Kier molecular flexibility index (Phi) is 6.90. The minimum absolute atomic E-state index is 0.0780. The standard InChI is InChI=1S/C23H23N3O2/c27-22(19-11-5-2-6-12-19)25-15-16-26-23(28)21(18-9-3-1-4-10-18)17-20-13-7-8-14-24-20/h1-14,21H,15-17H2,(H,25,27)(H,26,28). The van der Waals surface area contributed by atoms with Gasteiger partial charge >= 0.3 is 0 Å². The van der Waals surface area contributed by atoms with Crippen LogP contribution in [0.15, 0.2) is 85.1 Å². The van der Waals surface area contributed by atoms with Gasteiger partial charge in [0, 0.05) is 37.0 Å². The molecule has 0 fully saturated rings. The van der Waals surface area contributed by atoms with Crippen molar-refractivity contribution in [2.75, 3.05) is 13.1 Å². The number of rotatable bonds is 8. The van der Waals surface area contributed by atoms with Crippen molar-refractivity contribution in [3.63, 3.8) is 0 Å². The van der Waals surface area contributed by atoms with E-state index in [1.165, 1.54) is 0 Å². The summed E-state index contributed by atoms with van der Waals surface area (Å²) in [6.07, 6.45) is 2.25. The zero-order chi connectivity index (χ0) is 19.6. The van der Waals surface area contributed by atoms with Gasteiger partial charge in [0.25, 0.3) is 5.91 Å². The van der Waals surface area contributed by atoms with Crippen molar-refractivity contribution in [2.45, 2.75) is 12.3 Å². The number of carbonyl (C=O) groups excluding carboxylic acids is 2. The third kappa shape index (κ3) is 5.51. The fourth-order valence-corrected chi connectivity index (χ4v) is 2.95. The molecule has 28 heavy (non-hydrogen) atoms. The summed E-state index contributed by atoms with van der Waals surface area (Å²) in [5, 5.41) is 5.74. The number of nitrogens with zero attached hydrogens (tertiary/aromatic N) is 1. The average molecular weight is 373 g/mol. The third-order valence-electron chi connectivity index (χ3n) is 4.40. The molecule has 0 bridgehead atoms. The van der Waals surface area contributed by atoms with Crippen molar-refractivity contribution in [3.05, 3.63) is 102 Å². The highest BCUT2D eigenvalue weighted by Crippen LogP contribution is 2.20. The molecule has 0 saturated carbocycles. The van der Waals surface area contributed by atoms with Gasteiger partial charge in [0.1, 0.15) is 0 Å². The first-order chi connectivity index (χ1) is 13.7. The van der Waals surface area contributed by atoms with Crippen LogP contribution in [0.25, 0.3) is 0 Å². The largest absolute Gasteiger partial charge is 0.354 e. The maximum atomic E-state index is 12.8. The monoisotopic (exact) mass is 373 g/mol. The maximum absolute atomic E-state index is 12.8. The molecular weight excluding hydrogens is 350 g/mol. The van der Waals surface area contributed by atoms with Crippen molar-refractivity contribution in [2.24, 2.45) is 0 Å². The molecule has 2 N–H and O–H groups in total. The number of nitrogens with one attached hydrogen (secondary N) is 2. The number of carbonyl (C=O) groups is 2. The van der Waals surface area contributed by atoms with Crippen LogP contribution in [0.1, 0.15) is 27.5 Å². The molecule has 0 radical (unpaired) electrons. The van der Waals surface area contributed by atoms with E-state index in [2.05, 4.69) is 15.6 Å². The van der Waals surface area contributed by atoms with E-state index < -0.39 is 0 Å².